The first-order valence-electron chi connectivity index (χ1n) is 34.4. The van der Waals surface area contributed by atoms with Crippen molar-refractivity contribution in [2.45, 2.75) is 330 Å². The van der Waals surface area contributed by atoms with Crippen LogP contribution in [-0.2, 0) is 66.2 Å². The molecule has 0 aliphatic heterocycles. The molecule has 0 amide bonds. The van der Waals surface area contributed by atoms with Gasteiger partial charge in [0.2, 0.25) is 0 Å². The molecule has 0 spiro atoms. The van der Waals surface area contributed by atoms with Gasteiger partial charge in [-0.05, 0) is 97.9 Å². The fraction of sp³-hybridized carbons (Fsp3) is 0.667. The molecule has 0 aromatic heterocycles. The van der Waals surface area contributed by atoms with Crippen LogP contribution in [0.1, 0.15) is 307 Å². The van der Waals surface area contributed by atoms with Crippen molar-refractivity contribution in [3.63, 3.8) is 0 Å². The second-order valence-corrected chi connectivity index (χ2v) is 29.4. The zero-order valence-electron chi connectivity index (χ0n) is 55.4. The molecule has 508 valence electrons. The molecule has 89 heavy (non-hydrogen) atoms. The van der Waals surface area contributed by atoms with E-state index in [0.717, 1.165) is 51.4 Å². The van der Waals surface area contributed by atoms with Gasteiger partial charge in [0.25, 0.3) is 0 Å². The van der Waals surface area contributed by atoms with Crippen LogP contribution < -0.4 is 0 Å². The normalized spacial score (nSPS) is 11.6. The summed E-state index contributed by atoms with van der Waals surface area (Å²) >= 11 is 0. The van der Waals surface area contributed by atoms with Gasteiger partial charge in [0.15, 0.2) is 0 Å². The Morgan fingerprint density at radius 1 is 0.213 bits per heavy atom. The van der Waals surface area contributed by atoms with Crippen LogP contribution in [0, 0.1) is 0 Å². The second-order valence-electron chi connectivity index (χ2n) is 24.0. The number of rotatable bonds is 48. The van der Waals surface area contributed by atoms with Crippen LogP contribution in [0.25, 0.3) is 0 Å². The Morgan fingerprint density at radius 3 is 0.472 bits per heavy atom. The first-order chi connectivity index (χ1) is 42.2. The molecule has 4 aromatic rings. The van der Waals surface area contributed by atoms with Gasteiger partial charge in [0.1, 0.15) is 40.5 Å². The number of hydrogen-bond donors (Lipinski definition) is 0. The fourth-order valence-electron chi connectivity index (χ4n) is 11.0. The minimum Gasteiger partial charge on any atom is -0.744 e. The largest absolute Gasteiger partial charge is 0.744 e. The molecule has 0 saturated heterocycles. The molecule has 0 unspecified atom stereocenters. The summed E-state index contributed by atoms with van der Waals surface area (Å²) in [5.74, 6) is 0. The molecule has 0 saturated carbocycles. The molecular weight excluding hydrogens is 1390 g/mol. The van der Waals surface area contributed by atoms with E-state index in [-0.39, 0.29) is 46.9 Å². The third-order valence-corrected chi connectivity index (χ3v) is 19.9. The molecular formula is C72H116O12PbS4-4. The summed E-state index contributed by atoms with van der Waals surface area (Å²) in [4.78, 5) is -0.200. The van der Waals surface area contributed by atoms with Gasteiger partial charge in [-0.1, -0.05) is 332 Å². The van der Waals surface area contributed by atoms with Gasteiger partial charge >= 0.3 is 0 Å². The van der Waals surface area contributed by atoms with E-state index < -0.39 is 40.5 Å². The van der Waals surface area contributed by atoms with Gasteiger partial charge in [0.05, 0.1) is 19.6 Å². The standard InChI is InChI=1S/4C18H30O3S.Pb/c4*1-2-3-4-5-6-7-8-9-10-11-14-17-15-12-13-16-18(17)22(19,20)21;/h4*12-13,15-16H,2-11,14H2,1H3,(H,19,20,21);/p-4. The molecule has 4 aromatic carbocycles. The van der Waals surface area contributed by atoms with Crippen molar-refractivity contribution in [3.05, 3.63) is 119 Å². The van der Waals surface area contributed by atoms with Crippen molar-refractivity contribution >= 4 is 67.8 Å². The Hall–Kier alpha value is -2.56. The number of unbranched alkanes of at least 4 members (excludes halogenated alkanes) is 36. The van der Waals surface area contributed by atoms with Gasteiger partial charge in [-0.15, -0.1) is 0 Å². The smallest absolute Gasteiger partial charge is 0.124 e. The predicted octanol–water partition coefficient (Wildman–Crippen LogP) is 19.8. The quantitative estimate of drug-likeness (QED) is 0.0228. The minimum atomic E-state index is -4.35. The van der Waals surface area contributed by atoms with E-state index in [1.54, 1.807) is 72.8 Å². The first-order valence-corrected chi connectivity index (χ1v) is 40.0. The van der Waals surface area contributed by atoms with Crippen molar-refractivity contribution in [2.24, 2.45) is 0 Å². The molecule has 0 fully saturated rings. The molecule has 0 aliphatic carbocycles. The summed E-state index contributed by atoms with van der Waals surface area (Å²) in [5, 5.41) is 0. The zero-order valence-corrected chi connectivity index (χ0v) is 62.5. The third kappa shape index (κ3) is 46.2. The summed E-state index contributed by atoms with van der Waals surface area (Å²) in [5.41, 5.74) is 2.66. The van der Waals surface area contributed by atoms with Gasteiger partial charge in [-0.3, -0.25) is 0 Å². The maximum atomic E-state index is 11.2. The molecule has 0 heterocycles. The number of hydrogen-bond acceptors (Lipinski definition) is 12. The van der Waals surface area contributed by atoms with Crippen LogP contribution >= 0.6 is 0 Å². The van der Waals surface area contributed by atoms with E-state index in [0.29, 0.717) is 47.9 Å². The maximum Gasteiger partial charge on any atom is 0.124 e. The van der Waals surface area contributed by atoms with E-state index in [4.69, 9.17) is 0 Å². The molecule has 0 aliphatic rings. The Kier molecular flexibility index (Phi) is 53.2. The minimum absolute atomic E-state index is 0. The molecule has 4 rings (SSSR count). The third-order valence-electron chi connectivity index (χ3n) is 16.2. The summed E-state index contributed by atoms with van der Waals surface area (Å²) in [6.45, 7) is 8.93. The van der Waals surface area contributed by atoms with E-state index >= 15 is 0 Å². The Bertz CT molecular complexity index is 2430. The second kappa shape index (κ2) is 54.8. The summed E-state index contributed by atoms with van der Waals surface area (Å²) < 4.78 is 134. The van der Waals surface area contributed by atoms with Crippen LogP contribution in [0.3, 0.4) is 0 Å². The van der Waals surface area contributed by atoms with E-state index in [9.17, 15) is 51.9 Å². The van der Waals surface area contributed by atoms with E-state index in [1.165, 1.54) is 230 Å². The molecule has 12 nitrogen and oxygen atoms in total. The van der Waals surface area contributed by atoms with E-state index in [1.807, 2.05) is 0 Å². The summed E-state index contributed by atoms with van der Waals surface area (Å²) in [6, 6.07) is 26.2. The van der Waals surface area contributed by atoms with Crippen LogP contribution in [0.15, 0.2) is 117 Å². The molecule has 0 bridgehead atoms. The van der Waals surface area contributed by atoms with Crippen molar-refractivity contribution in [1.82, 2.24) is 0 Å². The SMILES string of the molecule is CCCCCCCCCCCCc1ccccc1S(=O)(=O)[O-].CCCCCCCCCCCCc1ccccc1S(=O)(=O)[O-].CCCCCCCCCCCCc1ccccc1S(=O)(=O)[O-].CCCCCCCCCCCCc1ccccc1S(=O)(=O)[O-].[Pb]. The van der Waals surface area contributed by atoms with Gasteiger partial charge < -0.3 is 18.2 Å². The van der Waals surface area contributed by atoms with Crippen molar-refractivity contribution in [1.29, 1.82) is 0 Å². The predicted molar refractivity (Wildman–Crippen MR) is 366 cm³/mol. The average Bonchev–Trinajstić information content (AvgIpc) is 3.51. The summed E-state index contributed by atoms with van der Waals surface area (Å²) in [6.07, 6.45) is 52.6. The Balaban J connectivity index is 0.00000116. The molecule has 4 radical (unpaired) electrons. The van der Waals surface area contributed by atoms with Gasteiger partial charge in [0, 0.05) is 27.3 Å². The Labute approximate surface area is 564 Å². The Morgan fingerprint density at radius 2 is 0.337 bits per heavy atom. The molecule has 0 N–H and O–H groups in total. The molecule has 0 atom stereocenters. The molecule has 17 heteroatoms. The zero-order chi connectivity index (χ0) is 65.0. The van der Waals surface area contributed by atoms with Crippen molar-refractivity contribution < 1.29 is 51.9 Å². The summed E-state index contributed by atoms with van der Waals surface area (Å²) in [7, 11) is -17.4. The average molecular weight is 1510 g/mol. The van der Waals surface area contributed by atoms with Crippen molar-refractivity contribution in [2.75, 3.05) is 0 Å². The van der Waals surface area contributed by atoms with Crippen LogP contribution in [0.5, 0.6) is 0 Å². The van der Waals surface area contributed by atoms with E-state index in [2.05, 4.69) is 27.7 Å². The van der Waals surface area contributed by atoms with Gasteiger partial charge in [-0.25, -0.2) is 33.7 Å². The van der Waals surface area contributed by atoms with Crippen molar-refractivity contribution in [3.8, 4) is 0 Å². The van der Waals surface area contributed by atoms with Crippen LogP contribution in [0.4, 0.5) is 0 Å². The number of benzene rings is 4. The topological polar surface area (TPSA) is 229 Å². The van der Waals surface area contributed by atoms with Crippen LogP contribution in [0.2, 0.25) is 0 Å². The van der Waals surface area contributed by atoms with Gasteiger partial charge in [-0.2, -0.15) is 0 Å². The monoisotopic (exact) mass is 1510 g/mol. The maximum absolute atomic E-state index is 11.2. The first kappa shape index (κ1) is 86.4. The number of aryl methyl sites for hydroxylation is 4. The fourth-order valence-corrected chi connectivity index (χ4v) is 14.0. The van der Waals surface area contributed by atoms with Crippen LogP contribution in [-0.4, -0.2) is 79.2 Å².